The summed E-state index contributed by atoms with van der Waals surface area (Å²) in [5.74, 6) is -0.0966. The number of ketones is 1. The number of hydrogen-bond donors (Lipinski definition) is 2. The lowest BCUT2D eigenvalue weighted by molar-refractivity contribution is 0.103. The average Bonchev–Trinajstić information content (AvgIpc) is 2.57. The molecule has 0 atom stereocenters. The Balaban J connectivity index is 1.88. The molecule has 0 unspecified atom stereocenters. The maximum atomic E-state index is 12.7. The zero-order valence-corrected chi connectivity index (χ0v) is 15.0. The Hall–Kier alpha value is -2.49. The standard InChI is InChI=1S/C20H16Cl2N2O/c1-12-4-2-3-5-15(12)20(25)16-8-7-14(11-17(16)22)24-19-9-6-13(21)10-18(19)23/h2-11,24H,23H2,1H3. The summed E-state index contributed by atoms with van der Waals surface area (Å²) in [6, 6.07) is 17.9. The normalized spacial score (nSPS) is 10.5. The fraction of sp³-hybridized carbons (Fsp3) is 0.0500. The number of carbonyl (C=O) groups excluding carboxylic acids is 1. The van der Waals surface area contributed by atoms with Gasteiger partial charge in [0.1, 0.15) is 0 Å². The van der Waals surface area contributed by atoms with Crippen LogP contribution < -0.4 is 11.1 Å². The van der Waals surface area contributed by atoms with Crippen LogP contribution in [0.25, 0.3) is 0 Å². The van der Waals surface area contributed by atoms with Crippen molar-refractivity contribution < 1.29 is 4.79 Å². The third-order valence-corrected chi connectivity index (χ3v) is 4.44. The predicted octanol–water partition coefficient (Wildman–Crippen LogP) is 5.86. The van der Waals surface area contributed by atoms with Gasteiger partial charge in [-0.2, -0.15) is 0 Å². The molecule has 3 rings (SSSR count). The van der Waals surface area contributed by atoms with E-state index < -0.39 is 0 Å². The number of hydrogen-bond acceptors (Lipinski definition) is 3. The molecule has 0 saturated carbocycles. The van der Waals surface area contributed by atoms with Crippen LogP contribution in [0.1, 0.15) is 21.5 Å². The van der Waals surface area contributed by atoms with Crippen LogP contribution in [-0.4, -0.2) is 5.78 Å². The lowest BCUT2D eigenvalue weighted by atomic mass is 9.99. The molecule has 126 valence electrons. The zero-order chi connectivity index (χ0) is 18.0. The zero-order valence-electron chi connectivity index (χ0n) is 13.5. The summed E-state index contributed by atoms with van der Waals surface area (Å²) in [6.45, 7) is 1.90. The Morgan fingerprint density at radius 3 is 2.40 bits per heavy atom. The molecule has 5 heteroatoms. The minimum Gasteiger partial charge on any atom is -0.397 e. The number of benzene rings is 3. The van der Waals surface area contributed by atoms with Crippen LogP contribution in [0.5, 0.6) is 0 Å². The molecular formula is C20H16Cl2N2O. The van der Waals surface area contributed by atoms with E-state index in [9.17, 15) is 4.79 Å². The van der Waals surface area contributed by atoms with Gasteiger partial charge in [0.2, 0.25) is 0 Å². The molecule has 3 aromatic carbocycles. The van der Waals surface area contributed by atoms with Crippen molar-refractivity contribution in [1.82, 2.24) is 0 Å². The largest absolute Gasteiger partial charge is 0.397 e. The summed E-state index contributed by atoms with van der Waals surface area (Å²) in [6.07, 6.45) is 0. The van der Waals surface area contributed by atoms with E-state index in [0.717, 1.165) is 16.9 Å². The number of carbonyl (C=O) groups is 1. The highest BCUT2D eigenvalue weighted by atomic mass is 35.5. The first-order valence-corrected chi connectivity index (χ1v) is 8.43. The van der Waals surface area contributed by atoms with Gasteiger partial charge in [-0.15, -0.1) is 0 Å². The van der Waals surface area contributed by atoms with E-state index in [4.69, 9.17) is 28.9 Å². The number of aryl methyl sites for hydroxylation is 1. The Morgan fingerprint density at radius 1 is 0.960 bits per heavy atom. The summed E-state index contributed by atoms with van der Waals surface area (Å²) >= 11 is 12.2. The summed E-state index contributed by atoms with van der Waals surface area (Å²) in [5, 5.41) is 4.13. The van der Waals surface area contributed by atoms with Gasteiger partial charge in [0.25, 0.3) is 0 Å². The van der Waals surface area contributed by atoms with E-state index >= 15 is 0 Å². The Labute approximate surface area is 156 Å². The molecule has 0 aromatic heterocycles. The first-order valence-electron chi connectivity index (χ1n) is 7.67. The van der Waals surface area contributed by atoms with E-state index in [-0.39, 0.29) is 5.78 Å². The molecule has 3 N–H and O–H groups in total. The smallest absolute Gasteiger partial charge is 0.194 e. The van der Waals surface area contributed by atoms with Gasteiger partial charge in [0, 0.05) is 21.8 Å². The molecule has 0 bridgehead atoms. The molecule has 0 heterocycles. The van der Waals surface area contributed by atoms with E-state index in [1.54, 1.807) is 42.5 Å². The fourth-order valence-electron chi connectivity index (χ4n) is 2.55. The van der Waals surface area contributed by atoms with Crippen LogP contribution in [0.15, 0.2) is 60.7 Å². The summed E-state index contributed by atoms with van der Waals surface area (Å²) in [4.78, 5) is 12.7. The van der Waals surface area contributed by atoms with Crippen molar-refractivity contribution in [3.05, 3.63) is 87.4 Å². The maximum Gasteiger partial charge on any atom is 0.194 e. The molecule has 0 aliphatic rings. The summed E-state index contributed by atoms with van der Waals surface area (Å²) in [5.41, 5.74) is 9.96. The molecule has 0 radical (unpaired) electrons. The summed E-state index contributed by atoms with van der Waals surface area (Å²) in [7, 11) is 0. The van der Waals surface area contributed by atoms with Gasteiger partial charge in [-0.05, 0) is 48.9 Å². The minimum absolute atomic E-state index is 0.0966. The van der Waals surface area contributed by atoms with Crippen LogP contribution in [0.4, 0.5) is 17.1 Å². The molecule has 25 heavy (non-hydrogen) atoms. The van der Waals surface area contributed by atoms with Crippen molar-refractivity contribution in [2.45, 2.75) is 6.92 Å². The van der Waals surface area contributed by atoms with Gasteiger partial charge in [0.05, 0.1) is 16.4 Å². The minimum atomic E-state index is -0.0966. The Kier molecular flexibility index (Phi) is 4.98. The Morgan fingerprint density at radius 2 is 1.72 bits per heavy atom. The molecule has 0 spiro atoms. The second kappa shape index (κ2) is 7.18. The number of halogens is 2. The molecule has 0 saturated heterocycles. The number of anilines is 3. The first kappa shape index (κ1) is 17.3. The lowest BCUT2D eigenvalue weighted by Gasteiger charge is -2.12. The monoisotopic (exact) mass is 370 g/mol. The van der Waals surface area contributed by atoms with Gasteiger partial charge >= 0.3 is 0 Å². The maximum absolute atomic E-state index is 12.7. The van der Waals surface area contributed by atoms with Gasteiger partial charge in [-0.25, -0.2) is 0 Å². The van der Waals surface area contributed by atoms with Crippen LogP contribution in [0.3, 0.4) is 0 Å². The van der Waals surface area contributed by atoms with Crippen molar-refractivity contribution in [2.75, 3.05) is 11.1 Å². The van der Waals surface area contributed by atoms with E-state index in [0.29, 0.717) is 26.9 Å². The third-order valence-electron chi connectivity index (χ3n) is 3.90. The SMILES string of the molecule is Cc1ccccc1C(=O)c1ccc(Nc2ccc(Cl)cc2N)cc1Cl. The van der Waals surface area contributed by atoms with Crippen LogP contribution in [0, 0.1) is 6.92 Å². The fourth-order valence-corrected chi connectivity index (χ4v) is 3.00. The summed E-state index contributed by atoms with van der Waals surface area (Å²) < 4.78 is 0. The number of nitrogens with two attached hydrogens (primary N) is 1. The van der Waals surface area contributed by atoms with Gasteiger partial charge in [0.15, 0.2) is 5.78 Å². The van der Waals surface area contributed by atoms with Gasteiger partial charge < -0.3 is 11.1 Å². The van der Waals surface area contributed by atoms with Crippen molar-refractivity contribution in [1.29, 1.82) is 0 Å². The topological polar surface area (TPSA) is 55.1 Å². The highest BCUT2D eigenvalue weighted by Gasteiger charge is 2.15. The van der Waals surface area contributed by atoms with Crippen molar-refractivity contribution in [2.24, 2.45) is 0 Å². The predicted molar refractivity (Wildman–Crippen MR) is 105 cm³/mol. The second-order valence-electron chi connectivity index (χ2n) is 5.70. The molecular weight excluding hydrogens is 355 g/mol. The average molecular weight is 371 g/mol. The van der Waals surface area contributed by atoms with Gasteiger partial charge in [-0.3, -0.25) is 4.79 Å². The molecule has 0 fully saturated rings. The number of nitrogen functional groups attached to an aromatic ring is 1. The van der Waals surface area contributed by atoms with E-state index in [1.807, 2.05) is 25.1 Å². The molecule has 0 aliphatic heterocycles. The van der Waals surface area contributed by atoms with Crippen LogP contribution in [-0.2, 0) is 0 Å². The van der Waals surface area contributed by atoms with Crippen LogP contribution >= 0.6 is 23.2 Å². The van der Waals surface area contributed by atoms with Crippen molar-refractivity contribution >= 4 is 46.0 Å². The lowest BCUT2D eigenvalue weighted by Crippen LogP contribution is -2.05. The van der Waals surface area contributed by atoms with E-state index in [1.165, 1.54) is 0 Å². The quantitative estimate of drug-likeness (QED) is 0.446. The molecule has 0 aliphatic carbocycles. The first-order chi connectivity index (χ1) is 12.0. The Bertz CT molecular complexity index is 954. The van der Waals surface area contributed by atoms with Gasteiger partial charge in [-0.1, -0.05) is 47.5 Å². The number of rotatable bonds is 4. The highest BCUT2D eigenvalue weighted by Crippen LogP contribution is 2.29. The molecule has 0 amide bonds. The van der Waals surface area contributed by atoms with Crippen LogP contribution in [0.2, 0.25) is 10.0 Å². The highest BCUT2D eigenvalue weighted by molar-refractivity contribution is 6.35. The molecule has 3 aromatic rings. The van der Waals surface area contributed by atoms with Crippen molar-refractivity contribution in [3.8, 4) is 0 Å². The third kappa shape index (κ3) is 3.78. The second-order valence-corrected chi connectivity index (χ2v) is 6.54. The number of nitrogens with one attached hydrogen (secondary N) is 1. The van der Waals surface area contributed by atoms with Crippen molar-refractivity contribution in [3.63, 3.8) is 0 Å². The molecule has 3 nitrogen and oxygen atoms in total. The van der Waals surface area contributed by atoms with E-state index in [2.05, 4.69) is 5.32 Å².